The monoisotopic (exact) mass is 272 g/mol. The lowest BCUT2D eigenvalue weighted by Gasteiger charge is -2.20. The van der Waals surface area contributed by atoms with Crippen molar-refractivity contribution in [2.75, 3.05) is 19.6 Å². The predicted octanol–water partition coefficient (Wildman–Crippen LogP) is 0.603. The van der Waals surface area contributed by atoms with E-state index in [0.29, 0.717) is 18.4 Å². The standard InChI is InChI=1S/C12H20N2O5/c1-8-2-3-9(4-8)5-13-12(19)14(6-10(15)16)7-11(17)18/h8-9H,2-7H2,1H3,(H,13,19)(H,15,16)(H,17,18). The van der Waals surface area contributed by atoms with Gasteiger partial charge in [-0.25, -0.2) is 4.79 Å². The molecule has 0 aliphatic heterocycles. The number of carbonyl (C=O) groups is 3. The number of hydrogen-bond donors (Lipinski definition) is 3. The number of amides is 2. The van der Waals surface area contributed by atoms with E-state index in [1.165, 1.54) is 0 Å². The highest BCUT2D eigenvalue weighted by Crippen LogP contribution is 2.29. The molecule has 0 bridgehead atoms. The van der Waals surface area contributed by atoms with Crippen LogP contribution >= 0.6 is 0 Å². The van der Waals surface area contributed by atoms with Crippen molar-refractivity contribution in [3.63, 3.8) is 0 Å². The minimum atomic E-state index is -1.23. The maximum atomic E-state index is 11.7. The van der Waals surface area contributed by atoms with Crippen molar-refractivity contribution in [3.05, 3.63) is 0 Å². The first kappa shape index (κ1) is 15.3. The number of urea groups is 1. The highest BCUT2D eigenvalue weighted by Gasteiger charge is 2.24. The number of carboxylic acid groups (broad SMARTS) is 2. The van der Waals surface area contributed by atoms with Crippen LogP contribution in [0, 0.1) is 11.8 Å². The minimum Gasteiger partial charge on any atom is -0.480 e. The van der Waals surface area contributed by atoms with Crippen LogP contribution in [-0.2, 0) is 9.59 Å². The number of nitrogens with one attached hydrogen (secondary N) is 1. The van der Waals surface area contributed by atoms with Crippen LogP contribution < -0.4 is 5.32 Å². The van der Waals surface area contributed by atoms with Gasteiger partial charge in [0.15, 0.2) is 0 Å². The average Bonchev–Trinajstić information content (AvgIpc) is 2.70. The SMILES string of the molecule is CC1CCC(CNC(=O)N(CC(=O)O)CC(=O)O)C1. The largest absolute Gasteiger partial charge is 0.480 e. The van der Waals surface area contributed by atoms with Gasteiger partial charge >= 0.3 is 18.0 Å². The third-order valence-electron chi connectivity index (χ3n) is 3.28. The second-order valence-corrected chi connectivity index (χ2v) is 5.11. The molecule has 1 aliphatic rings. The maximum absolute atomic E-state index is 11.7. The maximum Gasteiger partial charge on any atom is 0.323 e. The van der Waals surface area contributed by atoms with E-state index in [0.717, 1.165) is 24.2 Å². The third-order valence-corrected chi connectivity index (χ3v) is 3.28. The first-order chi connectivity index (χ1) is 8.88. The number of rotatable bonds is 6. The molecule has 0 spiro atoms. The van der Waals surface area contributed by atoms with Gasteiger partial charge in [-0.2, -0.15) is 0 Å². The Kier molecular flexibility index (Phi) is 5.59. The Morgan fingerprint density at radius 1 is 1.16 bits per heavy atom. The topological polar surface area (TPSA) is 107 Å². The third kappa shape index (κ3) is 5.58. The molecular weight excluding hydrogens is 252 g/mol. The van der Waals surface area contributed by atoms with Crippen LogP contribution in [0.1, 0.15) is 26.2 Å². The normalized spacial score (nSPS) is 21.9. The Morgan fingerprint density at radius 2 is 1.74 bits per heavy atom. The lowest BCUT2D eigenvalue weighted by atomic mass is 10.1. The fourth-order valence-corrected chi connectivity index (χ4v) is 2.38. The first-order valence-corrected chi connectivity index (χ1v) is 6.34. The van der Waals surface area contributed by atoms with Gasteiger partial charge in [-0.3, -0.25) is 9.59 Å². The molecule has 1 fully saturated rings. The highest BCUT2D eigenvalue weighted by atomic mass is 16.4. The summed E-state index contributed by atoms with van der Waals surface area (Å²) >= 11 is 0. The highest BCUT2D eigenvalue weighted by molar-refractivity contribution is 5.84. The summed E-state index contributed by atoms with van der Waals surface area (Å²) in [5.74, 6) is -1.41. The second kappa shape index (κ2) is 6.96. The average molecular weight is 272 g/mol. The number of nitrogens with zero attached hydrogens (tertiary/aromatic N) is 1. The van der Waals surface area contributed by atoms with Crippen molar-refractivity contribution in [1.29, 1.82) is 0 Å². The quantitative estimate of drug-likeness (QED) is 0.656. The molecule has 7 heteroatoms. The molecule has 1 aliphatic carbocycles. The number of aliphatic carboxylic acids is 2. The fraction of sp³-hybridized carbons (Fsp3) is 0.750. The zero-order chi connectivity index (χ0) is 14.4. The van der Waals surface area contributed by atoms with E-state index in [1.54, 1.807) is 0 Å². The molecule has 0 heterocycles. The lowest BCUT2D eigenvalue weighted by Crippen LogP contribution is -2.46. The molecule has 19 heavy (non-hydrogen) atoms. The van der Waals surface area contributed by atoms with Crippen molar-refractivity contribution in [1.82, 2.24) is 10.2 Å². The molecule has 2 unspecified atom stereocenters. The Morgan fingerprint density at radius 3 is 2.16 bits per heavy atom. The van der Waals surface area contributed by atoms with Crippen molar-refractivity contribution in [2.45, 2.75) is 26.2 Å². The summed E-state index contributed by atoms with van der Waals surface area (Å²) in [6.45, 7) is 1.40. The van der Waals surface area contributed by atoms with Gasteiger partial charge in [0.05, 0.1) is 0 Å². The number of hydrogen-bond acceptors (Lipinski definition) is 3. The van der Waals surface area contributed by atoms with Crippen LogP contribution in [0.5, 0.6) is 0 Å². The van der Waals surface area contributed by atoms with E-state index in [-0.39, 0.29) is 0 Å². The van der Waals surface area contributed by atoms with Crippen LogP contribution in [0.15, 0.2) is 0 Å². The fourth-order valence-electron chi connectivity index (χ4n) is 2.38. The molecule has 0 aromatic carbocycles. The van der Waals surface area contributed by atoms with Crippen LogP contribution in [0.3, 0.4) is 0 Å². The van der Waals surface area contributed by atoms with Crippen molar-refractivity contribution >= 4 is 18.0 Å². The molecule has 2 amide bonds. The van der Waals surface area contributed by atoms with Crippen LogP contribution in [-0.4, -0.2) is 52.7 Å². The van der Waals surface area contributed by atoms with Crippen LogP contribution in [0.4, 0.5) is 4.79 Å². The Balaban J connectivity index is 2.42. The molecule has 0 radical (unpaired) electrons. The molecule has 3 N–H and O–H groups in total. The van der Waals surface area contributed by atoms with Crippen LogP contribution in [0.2, 0.25) is 0 Å². The molecule has 1 rings (SSSR count). The minimum absolute atomic E-state index is 0.399. The molecule has 2 atom stereocenters. The lowest BCUT2D eigenvalue weighted by molar-refractivity contribution is -0.140. The van der Waals surface area contributed by atoms with Gasteiger partial charge in [0.25, 0.3) is 0 Å². The predicted molar refractivity (Wildman–Crippen MR) is 66.7 cm³/mol. The van der Waals surface area contributed by atoms with E-state index in [9.17, 15) is 14.4 Å². The van der Waals surface area contributed by atoms with Gasteiger partial charge < -0.3 is 20.4 Å². The molecule has 108 valence electrons. The summed E-state index contributed by atoms with van der Waals surface area (Å²) in [7, 11) is 0. The van der Waals surface area contributed by atoms with Crippen molar-refractivity contribution < 1.29 is 24.6 Å². The zero-order valence-corrected chi connectivity index (χ0v) is 11.0. The van der Waals surface area contributed by atoms with E-state index >= 15 is 0 Å². The number of carboxylic acids is 2. The van der Waals surface area contributed by atoms with Gasteiger partial charge in [-0.1, -0.05) is 13.3 Å². The van der Waals surface area contributed by atoms with E-state index in [4.69, 9.17) is 10.2 Å². The number of carbonyl (C=O) groups excluding carboxylic acids is 1. The Labute approximate surface area is 111 Å². The Bertz CT molecular complexity index is 342. The Hall–Kier alpha value is -1.79. The summed E-state index contributed by atoms with van der Waals surface area (Å²) in [4.78, 5) is 33.7. The second-order valence-electron chi connectivity index (χ2n) is 5.11. The summed E-state index contributed by atoms with van der Waals surface area (Å²) in [6.07, 6.45) is 3.21. The van der Waals surface area contributed by atoms with Gasteiger partial charge in [0.1, 0.15) is 13.1 Å². The molecular formula is C12H20N2O5. The molecule has 0 aromatic rings. The molecule has 7 nitrogen and oxygen atoms in total. The first-order valence-electron chi connectivity index (χ1n) is 6.34. The van der Waals surface area contributed by atoms with Gasteiger partial charge in [0.2, 0.25) is 0 Å². The van der Waals surface area contributed by atoms with Gasteiger partial charge in [-0.05, 0) is 24.7 Å². The van der Waals surface area contributed by atoms with E-state index in [1.807, 2.05) is 0 Å². The van der Waals surface area contributed by atoms with E-state index in [2.05, 4.69) is 12.2 Å². The summed E-state index contributed by atoms with van der Waals surface area (Å²) in [5.41, 5.74) is 0. The van der Waals surface area contributed by atoms with Crippen LogP contribution in [0.25, 0.3) is 0 Å². The summed E-state index contributed by atoms with van der Waals surface area (Å²) in [5, 5.41) is 19.9. The van der Waals surface area contributed by atoms with Crippen molar-refractivity contribution in [3.8, 4) is 0 Å². The molecule has 0 saturated heterocycles. The zero-order valence-electron chi connectivity index (χ0n) is 11.0. The molecule has 1 saturated carbocycles. The van der Waals surface area contributed by atoms with Gasteiger partial charge in [0, 0.05) is 6.54 Å². The summed E-state index contributed by atoms with van der Waals surface area (Å²) < 4.78 is 0. The van der Waals surface area contributed by atoms with Crippen molar-refractivity contribution in [2.24, 2.45) is 11.8 Å². The van der Waals surface area contributed by atoms with Gasteiger partial charge in [-0.15, -0.1) is 0 Å². The summed E-state index contributed by atoms with van der Waals surface area (Å²) in [6, 6.07) is -0.635. The van der Waals surface area contributed by atoms with E-state index < -0.39 is 31.1 Å². The molecule has 0 aromatic heterocycles. The smallest absolute Gasteiger partial charge is 0.323 e.